The number of nitrogens with zero attached hydrogens (tertiary/aromatic N) is 2. The maximum Gasteiger partial charge on any atom is 0.259 e. The lowest BCUT2D eigenvalue weighted by atomic mass is 9.72. The molecule has 240 valence electrons. The Labute approximate surface area is 291 Å². The molecule has 7 rings (SSSR count). The highest BCUT2D eigenvalue weighted by molar-refractivity contribution is 7.16. The van der Waals surface area contributed by atoms with Gasteiger partial charge >= 0.3 is 0 Å². The van der Waals surface area contributed by atoms with Crippen LogP contribution in [0.1, 0.15) is 53.6 Å². The summed E-state index contributed by atoms with van der Waals surface area (Å²) in [5.74, 6) is 0.414. The first-order valence-corrected chi connectivity index (χ1v) is 17.6. The number of anilines is 1. The quantitative estimate of drug-likeness (QED) is 0.169. The molecule has 1 aliphatic rings. The van der Waals surface area contributed by atoms with Crippen LogP contribution in [0.25, 0.3) is 28.2 Å². The van der Waals surface area contributed by atoms with Crippen LogP contribution in [-0.4, -0.2) is 16.7 Å². The fourth-order valence-corrected chi connectivity index (χ4v) is 8.07. The molecule has 6 aromatic rings. The van der Waals surface area contributed by atoms with E-state index in [-0.39, 0.29) is 11.3 Å². The fourth-order valence-electron chi connectivity index (χ4n) is 6.68. The number of hydrogen-bond acceptors (Lipinski definition) is 3. The summed E-state index contributed by atoms with van der Waals surface area (Å²) < 4.78 is 2.31. The maximum absolute atomic E-state index is 14.0. The van der Waals surface area contributed by atoms with Gasteiger partial charge in [0.1, 0.15) is 5.00 Å². The molecular weight excluding hydrogens is 630 g/mol. The van der Waals surface area contributed by atoms with Crippen molar-refractivity contribution < 1.29 is 4.79 Å². The van der Waals surface area contributed by atoms with Gasteiger partial charge in [-0.15, -0.1) is 11.3 Å². The Morgan fingerprint density at radius 1 is 0.875 bits per heavy atom. The second-order valence-corrected chi connectivity index (χ2v) is 15.0. The number of nitrogens with one attached hydrogen (secondary N) is 1. The lowest BCUT2D eigenvalue weighted by Crippen LogP contribution is -2.27. The predicted octanol–water partition coefficient (Wildman–Crippen LogP) is 11.7. The van der Waals surface area contributed by atoms with Crippen molar-refractivity contribution in [1.29, 1.82) is 0 Å². The zero-order valence-electron chi connectivity index (χ0n) is 27.4. The van der Waals surface area contributed by atoms with E-state index in [1.165, 1.54) is 4.88 Å². The van der Waals surface area contributed by atoms with Gasteiger partial charge in [-0.25, -0.2) is 4.99 Å². The number of aliphatic imine (C=N–C) groups is 1. The lowest BCUT2D eigenvalue weighted by Gasteiger charge is -2.33. The molecule has 0 fully saturated rings. The smallest absolute Gasteiger partial charge is 0.259 e. The third kappa shape index (κ3) is 6.53. The van der Waals surface area contributed by atoms with Crippen LogP contribution in [0.5, 0.6) is 0 Å². The minimum absolute atomic E-state index is 0.133. The molecule has 2 aromatic heterocycles. The Morgan fingerprint density at radius 3 is 2.15 bits per heavy atom. The summed E-state index contributed by atoms with van der Waals surface area (Å²) >= 11 is 7.80. The van der Waals surface area contributed by atoms with Crippen molar-refractivity contribution in [3.8, 4) is 28.2 Å². The van der Waals surface area contributed by atoms with Gasteiger partial charge in [-0.1, -0.05) is 111 Å². The standard InChI is InChI=1S/C42H38ClN3OS/c1-42(2,3)31-19-24-35-37(26-31)48-41(38(35)40(47)45-33-22-20-32(43)21-23-33)44-27-30-25-36(28-13-7-4-8-14-28)46(34-17-11-6-12-18-34)39(30)29-15-9-5-10-16-29/h4-18,20-23,25,27,31H,19,24,26H2,1-3H3,(H,45,47)/t31-/m1/s1. The van der Waals surface area contributed by atoms with Gasteiger partial charge in [-0.05, 0) is 89.8 Å². The summed E-state index contributed by atoms with van der Waals surface area (Å²) in [4.78, 5) is 20.5. The van der Waals surface area contributed by atoms with E-state index < -0.39 is 0 Å². The third-order valence-electron chi connectivity index (χ3n) is 9.28. The van der Waals surface area contributed by atoms with Crippen LogP contribution in [0.15, 0.2) is 126 Å². The molecule has 0 spiro atoms. The van der Waals surface area contributed by atoms with E-state index in [1.54, 1.807) is 23.5 Å². The Bertz CT molecular complexity index is 2070. The topological polar surface area (TPSA) is 46.4 Å². The molecule has 0 bridgehead atoms. The molecule has 4 nitrogen and oxygen atoms in total. The van der Waals surface area contributed by atoms with Crippen LogP contribution in [0, 0.1) is 11.3 Å². The Hall–Kier alpha value is -4.71. The van der Waals surface area contributed by atoms with Crippen molar-refractivity contribution in [2.24, 2.45) is 16.3 Å². The maximum atomic E-state index is 14.0. The molecular formula is C42H38ClN3OS. The average molecular weight is 668 g/mol. The van der Waals surface area contributed by atoms with E-state index in [1.807, 2.05) is 36.5 Å². The van der Waals surface area contributed by atoms with Crippen LogP contribution in [-0.2, 0) is 12.8 Å². The molecule has 0 radical (unpaired) electrons. The Kier molecular flexibility index (Phi) is 8.91. The van der Waals surface area contributed by atoms with E-state index in [2.05, 4.69) is 110 Å². The molecule has 1 amide bonds. The number of aromatic nitrogens is 1. The SMILES string of the molecule is CC(C)(C)[C@@H]1CCc2c(sc(N=Cc3cc(-c4ccccc4)n(-c4ccccc4)c3-c3ccccc3)c2C(=O)Nc2ccc(Cl)cc2)C1. The van der Waals surface area contributed by atoms with E-state index in [0.29, 0.717) is 22.2 Å². The van der Waals surface area contributed by atoms with Gasteiger partial charge in [0.05, 0.1) is 17.0 Å². The molecule has 48 heavy (non-hydrogen) atoms. The molecule has 2 heterocycles. The van der Waals surface area contributed by atoms with Gasteiger partial charge in [-0.2, -0.15) is 0 Å². The number of amides is 1. The summed E-state index contributed by atoms with van der Waals surface area (Å²) in [7, 11) is 0. The van der Waals surface area contributed by atoms with Crippen molar-refractivity contribution in [2.45, 2.75) is 40.0 Å². The summed E-state index contributed by atoms with van der Waals surface area (Å²) in [6.45, 7) is 6.95. The minimum Gasteiger partial charge on any atom is -0.322 e. The third-order valence-corrected chi connectivity index (χ3v) is 10.7. The van der Waals surface area contributed by atoms with E-state index in [4.69, 9.17) is 16.6 Å². The Balaban J connectivity index is 1.38. The number of fused-ring (bicyclic) bond motifs is 1. The number of thiophene rings is 1. The van der Waals surface area contributed by atoms with Crippen molar-refractivity contribution in [3.63, 3.8) is 0 Å². The minimum atomic E-state index is -0.133. The molecule has 0 aliphatic heterocycles. The highest BCUT2D eigenvalue weighted by atomic mass is 35.5. The van der Waals surface area contributed by atoms with Crippen LogP contribution in [0.2, 0.25) is 5.02 Å². The van der Waals surface area contributed by atoms with Crippen LogP contribution >= 0.6 is 22.9 Å². The molecule has 1 atom stereocenters. The molecule has 0 saturated carbocycles. The lowest BCUT2D eigenvalue weighted by molar-refractivity contribution is 0.102. The molecule has 6 heteroatoms. The second kappa shape index (κ2) is 13.4. The van der Waals surface area contributed by atoms with Gasteiger partial charge < -0.3 is 9.88 Å². The summed E-state index contributed by atoms with van der Waals surface area (Å²) in [6, 6.07) is 40.8. The molecule has 1 N–H and O–H groups in total. The predicted molar refractivity (Wildman–Crippen MR) is 203 cm³/mol. The van der Waals surface area contributed by atoms with Gasteiger partial charge in [0.2, 0.25) is 0 Å². The highest BCUT2D eigenvalue weighted by Gasteiger charge is 2.34. The zero-order chi connectivity index (χ0) is 33.3. The van der Waals surface area contributed by atoms with Crippen molar-refractivity contribution in [1.82, 2.24) is 4.57 Å². The van der Waals surface area contributed by atoms with Crippen molar-refractivity contribution in [3.05, 3.63) is 148 Å². The average Bonchev–Trinajstić information content (AvgIpc) is 3.67. The van der Waals surface area contributed by atoms with Crippen molar-refractivity contribution >= 4 is 45.7 Å². The normalized spacial score (nSPS) is 14.6. The zero-order valence-corrected chi connectivity index (χ0v) is 29.0. The molecule has 0 saturated heterocycles. The second-order valence-electron chi connectivity index (χ2n) is 13.4. The number of hydrogen-bond donors (Lipinski definition) is 1. The number of carbonyl (C=O) groups excluding carboxylic acids is 1. The summed E-state index contributed by atoms with van der Waals surface area (Å²) in [6.07, 6.45) is 4.82. The number of halogens is 1. The first-order chi connectivity index (χ1) is 23.3. The largest absolute Gasteiger partial charge is 0.322 e. The summed E-state index contributed by atoms with van der Waals surface area (Å²) in [5, 5.41) is 4.50. The van der Waals surface area contributed by atoms with E-state index in [0.717, 1.165) is 63.6 Å². The molecule has 0 unspecified atom stereocenters. The first-order valence-electron chi connectivity index (χ1n) is 16.4. The molecule has 4 aromatic carbocycles. The van der Waals surface area contributed by atoms with Crippen LogP contribution in [0.4, 0.5) is 10.7 Å². The number of benzene rings is 4. The van der Waals surface area contributed by atoms with Gasteiger partial charge in [0.15, 0.2) is 0 Å². The highest BCUT2D eigenvalue weighted by Crippen LogP contribution is 2.46. The summed E-state index contributed by atoms with van der Waals surface area (Å²) in [5.41, 5.74) is 9.08. The van der Waals surface area contributed by atoms with E-state index in [9.17, 15) is 4.79 Å². The van der Waals surface area contributed by atoms with Gasteiger partial charge in [0.25, 0.3) is 5.91 Å². The molecule has 1 aliphatic carbocycles. The number of rotatable bonds is 7. The Morgan fingerprint density at radius 2 is 1.50 bits per heavy atom. The van der Waals surface area contributed by atoms with Crippen LogP contribution < -0.4 is 5.32 Å². The van der Waals surface area contributed by atoms with Gasteiger partial charge in [0, 0.05) is 33.1 Å². The van der Waals surface area contributed by atoms with Crippen molar-refractivity contribution in [2.75, 3.05) is 5.32 Å². The van der Waals surface area contributed by atoms with E-state index >= 15 is 0 Å². The first kappa shape index (κ1) is 31.9. The van der Waals surface area contributed by atoms with Crippen LogP contribution in [0.3, 0.4) is 0 Å². The fraction of sp³-hybridized carbons (Fsp3) is 0.190. The van der Waals surface area contributed by atoms with Gasteiger partial charge in [-0.3, -0.25) is 4.79 Å². The number of carbonyl (C=O) groups is 1. The monoisotopic (exact) mass is 667 g/mol. The number of para-hydroxylation sites is 1.